The number of hydrogen-bond acceptors (Lipinski definition) is 3. The first-order chi connectivity index (χ1) is 13.9. The fraction of sp³-hybridized carbons (Fsp3) is 0.500. The van der Waals surface area contributed by atoms with Gasteiger partial charge in [-0.3, -0.25) is 9.78 Å². The van der Waals surface area contributed by atoms with Crippen LogP contribution in [0.15, 0.2) is 36.4 Å². The lowest BCUT2D eigenvalue weighted by Gasteiger charge is -2.32. The van der Waals surface area contributed by atoms with Gasteiger partial charge in [-0.2, -0.15) is 0 Å². The molecule has 29 heavy (non-hydrogen) atoms. The molecule has 1 saturated heterocycles. The normalized spacial score (nSPS) is 15.6. The van der Waals surface area contributed by atoms with Crippen LogP contribution >= 0.6 is 0 Å². The number of hydrogen-bond donors (Lipinski definition) is 1. The largest absolute Gasteiger partial charge is 0.348 e. The van der Waals surface area contributed by atoms with E-state index in [-0.39, 0.29) is 11.7 Å². The Morgan fingerprint density at radius 1 is 1.17 bits per heavy atom. The van der Waals surface area contributed by atoms with E-state index in [1.54, 1.807) is 12.1 Å². The standard InChI is InChI=1S/C24H32FN3O/c1-17(2)10-13-28-14-11-20(12-15-28)23-22(9-4-18(3)27-23)24(29)26-16-19-5-7-21(25)8-6-19/h4-9,17,20H,10-16H2,1-3H3,(H,26,29). The lowest BCUT2D eigenvalue weighted by molar-refractivity contribution is 0.0948. The molecule has 1 aromatic heterocycles. The Balaban J connectivity index is 1.64. The lowest BCUT2D eigenvalue weighted by Crippen LogP contribution is -2.35. The van der Waals surface area contributed by atoms with E-state index in [0.717, 1.165) is 55.3 Å². The summed E-state index contributed by atoms with van der Waals surface area (Å²) in [4.78, 5) is 20.1. The topological polar surface area (TPSA) is 45.2 Å². The van der Waals surface area contributed by atoms with E-state index in [4.69, 9.17) is 4.98 Å². The van der Waals surface area contributed by atoms with Crippen molar-refractivity contribution in [3.8, 4) is 0 Å². The molecule has 0 unspecified atom stereocenters. The molecule has 0 radical (unpaired) electrons. The predicted octanol–water partition coefficient (Wildman–Crippen LogP) is 4.68. The van der Waals surface area contributed by atoms with E-state index >= 15 is 0 Å². The molecule has 0 spiro atoms. The van der Waals surface area contributed by atoms with E-state index in [1.165, 1.54) is 18.6 Å². The molecule has 0 atom stereocenters. The number of nitrogens with one attached hydrogen (secondary N) is 1. The van der Waals surface area contributed by atoms with Gasteiger partial charge in [0.25, 0.3) is 5.91 Å². The maximum atomic E-state index is 13.1. The second kappa shape index (κ2) is 9.97. The molecule has 0 aliphatic carbocycles. The van der Waals surface area contributed by atoms with Crippen molar-refractivity contribution < 1.29 is 9.18 Å². The average molecular weight is 398 g/mol. The highest BCUT2D eigenvalue weighted by atomic mass is 19.1. The number of carbonyl (C=O) groups is 1. The van der Waals surface area contributed by atoms with Crippen LogP contribution in [0.25, 0.3) is 0 Å². The summed E-state index contributed by atoms with van der Waals surface area (Å²) in [6.07, 6.45) is 3.30. The summed E-state index contributed by atoms with van der Waals surface area (Å²) in [6, 6.07) is 9.99. The summed E-state index contributed by atoms with van der Waals surface area (Å²) in [5, 5.41) is 2.96. The Hall–Kier alpha value is -2.27. The van der Waals surface area contributed by atoms with Crippen LogP contribution in [0.5, 0.6) is 0 Å². The molecule has 0 saturated carbocycles. The van der Waals surface area contributed by atoms with E-state index in [2.05, 4.69) is 24.1 Å². The van der Waals surface area contributed by atoms with Crippen LogP contribution in [0.1, 0.15) is 66.3 Å². The molecule has 1 amide bonds. The van der Waals surface area contributed by atoms with Gasteiger partial charge in [-0.15, -0.1) is 0 Å². The highest BCUT2D eigenvalue weighted by molar-refractivity contribution is 5.95. The Morgan fingerprint density at radius 2 is 1.86 bits per heavy atom. The number of nitrogens with zero attached hydrogens (tertiary/aromatic N) is 2. The fourth-order valence-corrected chi connectivity index (χ4v) is 3.83. The molecule has 1 N–H and O–H groups in total. The number of aryl methyl sites for hydroxylation is 1. The molecule has 2 heterocycles. The summed E-state index contributed by atoms with van der Waals surface area (Å²) in [6.45, 7) is 10.1. The Morgan fingerprint density at radius 3 is 2.52 bits per heavy atom. The summed E-state index contributed by atoms with van der Waals surface area (Å²) < 4.78 is 13.1. The quantitative estimate of drug-likeness (QED) is 0.738. The van der Waals surface area contributed by atoms with Crippen molar-refractivity contribution in [3.63, 3.8) is 0 Å². The highest BCUT2D eigenvalue weighted by Crippen LogP contribution is 2.29. The third kappa shape index (κ3) is 6.10. The number of rotatable bonds is 7. The smallest absolute Gasteiger partial charge is 0.253 e. The summed E-state index contributed by atoms with van der Waals surface area (Å²) in [5.41, 5.74) is 3.40. The molecule has 1 fully saturated rings. The zero-order valence-corrected chi connectivity index (χ0v) is 17.7. The van der Waals surface area contributed by atoms with Crippen LogP contribution in [0.2, 0.25) is 0 Å². The van der Waals surface area contributed by atoms with Crippen molar-refractivity contribution in [3.05, 3.63) is 64.7 Å². The molecule has 0 bridgehead atoms. The molecule has 1 aliphatic rings. The number of likely N-dealkylation sites (tertiary alicyclic amines) is 1. The third-order valence-electron chi connectivity index (χ3n) is 5.67. The SMILES string of the molecule is Cc1ccc(C(=O)NCc2ccc(F)cc2)c(C2CCN(CCC(C)C)CC2)n1. The number of piperidine rings is 1. The summed E-state index contributed by atoms with van der Waals surface area (Å²) >= 11 is 0. The maximum absolute atomic E-state index is 13.1. The molecular formula is C24H32FN3O. The van der Waals surface area contributed by atoms with Crippen molar-refractivity contribution >= 4 is 5.91 Å². The summed E-state index contributed by atoms with van der Waals surface area (Å²) in [7, 11) is 0. The fourth-order valence-electron chi connectivity index (χ4n) is 3.83. The molecule has 156 valence electrons. The van der Waals surface area contributed by atoms with Crippen LogP contribution in [0.4, 0.5) is 4.39 Å². The lowest BCUT2D eigenvalue weighted by atomic mass is 9.89. The van der Waals surface area contributed by atoms with Crippen molar-refractivity contribution in [2.75, 3.05) is 19.6 Å². The van der Waals surface area contributed by atoms with Crippen LogP contribution in [-0.4, -0.2) is 35.4 Å². The number of benzene rings is 1. The van der Waals surface area contributed by atoms with Gasteiger partial charge in [0, 0.05) is 18.2 Å². The number of halogens is 1. The number of amides is 1. The monoisotopic (exact) mass is 397 g/mol. The molecule has 1 aliphatic heterocycles. The minimum absolute atomic E-state index is 0.112. The minimum atomic E-state index is -0.273. The second-order valence-corrected chi connectivity index (χ2v) is 8.49. The molecule has 3 rings (SSSR count). The van der Waals surface area contributed by atoms with Gasteiger partial charge in [0.2, 0.25) is 0 Å². The highest BCUT2D eigenvalue weighted by Gasteiger charge is 2.26. The molecule has 4 nitrogen and oxygen atoms in total. The minimum Gasteiger partial charge on any atom is -0.348 e. The van der Waals surface area contributed by atoms with Crippen LogP contribution in [-0.2, 0) is 6.54 Å². The van der Waals surface area contributed by atoms with Crippen LogP contribution in [0.3, 0.4) is 0 Å². The number of pyridine rings is 1. The summed E-state index contributed by atoms with van der Waals surface area (Å²) in [5.74, 6) is 0.656. The predicted molar refractivity (Wildman–Crippen MR) is 114 cm³/mol. The first-order valence-electron chi connectivity index (χ1n) is 10.6. The maximum Gasteiger partial charge on any atom is 0.253 e. The zero-order chi connectivity index (χ0) is 20.8. The molecule has 1 aromatic carbocycles. The van der Waals surface area contributed by atoms with E-state index < -0.39 is 0 Å². The van der Waals surface area contributed by atoms with Gasteiger partial charge in [0.1, 0.15) is 5.82 Å². The number of carbonyl (C=O) groups excluding carboxylic acids is 1. The first-order valence-corrected chi connectivity index (χ1v) is 10.6. The van der Waals surface area contributed by atoms with Crippen LogP contribution < -0.4 is 5.32 Å². The Kier molecular flexibility index (Phi) is 7.37. The van der Waals surface area contributed by atoms with Gasteiger partial charge in [-0.25, -0.2) is 4.39 Å². The van der Waals surface area contributed by atoms with Gasteiger partial charge >= 0.3 is 0 Å². The van der Waals surface area contributed by atoms with Crippen molar-refractivity contribution in [2.45, 2.75) is 52.5 Å². The van der Waals surface area contributed by atoms with Crippen molar-refractivity contribution in [1.29, 1.82) is 0 Å². The van der Waals surface area contributed by atoms with Gasteiger partial charge < -0.3 is 10.2 Å². The van der Waals surface area contributed by atoms with E-state index in [0.29, 0.717) is 18.0 Å². The van der Waals surface area contributed by atoms with E-state index in [1.807, 2.05) is 19.1 Å². The van der Waals surface area contributed by atoms with Crippen LogP contribution in [0, 0.1) is 18.7 Å². The molecule has 2 aromatic rings. The van der Waals surface area contributed by atoms with Crippen molar-refractivity contribution in [2.24, 2.45) is 5.92 Å². The van der Waals surface area contributed by atoms with Gasteiger partial charge in [0.05, 0.1) is 11.3 Å². The molecule has 5 heteroatoms. The van der Waals surface area contributed by atoms with E-state index in [9.17, 15) is 9.18 Å². The Bertz CT molecular complexity index is 811. The van der Waals surface area contributed by atoms with Gasteiger partial charge in [0.15, 0.2) is 0 Å². The Labute approximate surface area is 173 Å². The zero-order valence-electron chi connectivity index (χ0n) is 17.7. The molecular weight excluding hydrogens is 365 g/mol. The first kappa shape index (κ1) is 21.4. The second-order valence-electron chi connectivity index (χ2n) is 8.49. The number of aromatic nitrogens is 1. The average Bonchev–Trinajstić information content (AvgIpc) is 2.72. The van der Waals surface area contributed by atoms with Gasteiger partial charge in [-0.1, -0.05) is 26.0 Å². The third-order valence-corrected chi connectivity index (χ3v) is 5.67. The van der Waals surface area contributed by atoms with Gasteiger partial charge in [-0.05, 0) is 81.6 Å². The van der Waals surface area contributed by atoms with Crippen molar-refractivity contribution in [1.82, 2.24) is 15.2 Å².